The lowest BCUT2D eigenvalue weighted by Gasteiger charge is -2.10. The molecule has 3 rings (SSSR count). The highest BCUT2D eigenvalue weighted by Crippen LogP contribution is 2.36. The highest BCUT2D eigenvalue weighted by atomic mass is 79.9. The average molecular weight is 509 g/mol. The fourth-order valence-corrected chi connectivity index (χ4v) is 4.47. The van der Waals surface area contributed by atoms with E-state index in [9.17, 15) is 9.59 Å². The van der Waals surface area contributed by atoms with Crippen LogP contribution in [-0.2, 0) is 9.53 Å². The van der Waals surface area contributed by atoms with Gasteiger partial charge < -0.3 is 14.8 Å². The van der Waals surface area contributed by atoms with Crippen molar-refractivity contribution < 1.29 is 19.1 Å². The maximum atomic E-state index is 12.6. The molecule has 3 aromatic rings. The predicted octanol–water partition coefficient (Wildman–Crippen LogP) is 6.33. The fourth-order valence-electron chi connectivity index (χ4n) is 2.70. The van der Waals surface area contributed by atoms with E-state index in [1.807, 2.05) is 36.6 Å². The fraction of sp³-hybridized carbons (Fsp3) is 0.182. The number of thiophene rings is 1. The number of esters is 1. The number of aryl methyl sites for hydroxylation is 1. The highest BCUT2D eigenvalue weighted by Gasteiger charge is 2.23. The minimum atomic E-state index is -0.481. The van der Waals surface area contributed by atoms with E-state index >= 15 is 0 Å². The SMILES string of the molecule is CCOC(=O)c1c(-c2ccc(C)cc2)csc1NC(=O)COc1ccc(Cl)cc1Br. The van der Waals surface area contributed by atoms with Crippen molar-refractivity contribution in [2.24, 2.45) is 0 Å². The zero-order valence-corrected chi connectivity index (χ0v) is 19.5. The normalized spacial score (nSPS) is 10.5. The Morgan fingerprint density at radius 3 is 2.57 bits per heavy atom. The molecule has 0 saturated heterocycles. The van der Waals surface area contributed by atoms with Crippen LogP contribution in [0.4, 0.5) is 5.00 Å². The monoisotopic (exact) mass is 507 g/mol. The van der Waals surface area contributed by atoms with Crippen molar-refractivity contribution in [3.05, 3.63) is 68.5 Å². The molecule has 2 aromatic carbocycles. The number of amides is 1. The highest BCUT2D eigenvalue weighted by molar-refractivity contribution is 9.10. The van der Waals surface area contributed by atoms with Crippen molar-refractivity contribution in [1.82, 2.24) is 0 Å². The van der Waals surface area contributed by atoms with Gasteiger partial charge in [0.25, 0.3) is 5.91 Å². The molecule has 1 aromatic heterocycles. The Kier molecular flexibility index (Phi) is 7.53. The standard InChI is InChI=1S/C22H19BrClNO4S/c1-3-28-22(27)20-16(14-6-4-13(2)5-7-14)12-30-21(20)25-19(26)11-29-18-9-8-15(24)10-17(18)23/h4-10,12H,3,11H2,1-2H3,(H,25,26). The van der Waals surface area contributed by atoms with Gasteiger partial charge in [0, 0.05) is 16.0 Å². The summed E-state index contributed by atoms with van der Waals surface area (Å²) in [6, 6.07) is 12.8. The van der Waals surface area contributed by atoms with Crippen molar-refractivity contribution in [3.8, 4) is 16.9 Å². The molecular formula is C22H19BrClNO4S. The second kappa shape index (κ2) is 10.1. The molecule has 0 aliphatic rings. The number of carbonyl (C=O) groups is 2. The summed E-state index contributed by atoms with van der Waals surface area (Å²) in [5.74, 6) is -0.377. The first-order valence-electron chi connectivity index (χ1n) is 9.12. The smallest absolute Gasteiger partial charge is 0.341 e. The Labute approximate surface area is 192 Å². The largest absolute Gasteiger partial charge is 0.483 e. The van der Waals surface area contributed by atoms with Crippen LogP contribution in [0.25, 0.3) is 11.1 Å². The molecule has 1 heterocycles. The lowest BCUT2D eigenvalue weighted by molar-refractivity contribution is -0.118. The van der Waals surface area contributed by atoms with Gasteiger partial charge in [-0.2, -0.15) is 0 Å². The Morgan fingerprint density at radius 2 is 1.90 bits per heavy atom. The molecule has 1 amide bonds. The predicted molar refractivity (Wildman–Crippen MR) is 124 cm³/mol. The van der Waals surface area contributed by atoms with Crippen LogP contribution >= 0.6 is 38.9 Å². The summed E-state index contributed by atoms with van der Waals surface area (Å²) in [5, 5.41) is 5.58. The molecule has 0 atom stereocenters. The Hall–Kier alpha value is -2.35. The number of hydrogen-bond acceptors (Lipinski definition) is 5. The number of ether oxygens (including phenoxy) is 2. The summed E-state index contributed by atoms with van der Waals surface area (Å²) in [6.07, 6.45) is 0. The van der Waals surface area contributed by atoms with Crippen LogP contribution in [0.2, 0.25) is 5.02 Å². The number of halogens is 2. The van der Waals surface area contributed by atoms with Crippen LogP contribution in [-0.4, -0.2) is 25.1 Å². The second-order valence-corrected chi connectivity index (χ2v) is 8.52. The van der Waals surface area contributed by atoms with Gasteiger partial charge >= 0.3 is 5.97 Å². The molecule has 0 aliphatic heterocycles. The average Bonchev–Trinajstić information content (AvgIpc) is 3.11. The molecule has 0 saturated carbocycles. The number of hydrogen-bond donors (Lipinski definition) is 1. The van der Waals surface area contributed by atoms with Crippen molar-refractivity contribution in [2.75, 3.05) is 18.5 Å². The van der Waals surface area contributed by atoms with Crippen LogP contribution in [0, 0.1) is 6.92 Å². The zero-order chi connectivity index (χ0) is 21.7. The molecule has 5 nitrogen and oxygen atoms in total. The molecule has 0 spiro atoms. The van der Waals surface area contributed by atoms with Crippen molar-refractivity contribution in [3.63, 3.8) is 0 Å². The molecule has 0 aliphatic carbocycles. The number of anilines is 1. The Balaban J connectivity index is 1.79. The van der Waals surface area contributed by atoms with Gasteiger partial charge in [0.15, 0.2) is 6.61 Å². The summed E-state index contributed by atoms with van der Waals surface area (Å²) in [7, 11) is 0. The van der Waals surface area contributed by atoms with E-state index in [0.29, 0.717) is 25.8 Å². The number of carbonyl (C=O) groups excluding carboxylic acids is 2. The van der Waals surface area contributed by atoms with E-state index < -0.39 is 5.97 Å². The number of nitrogens with one attached hydrogen (secondary N) is 1. The van der Waals surface area contributed by atoms with Gasteiger partial charge in [-0.25, -0.2) is 4.79 Å². The lowest BCUT2D eigenvalue weighted by Crippen LogP contribution is -2.21. The van der Waals surface area contributed by atoms with Crippen LogP contribution in [0.5, 0.6) is 5.75 Å². The quantitative estimate of drug-likeness (QED) is 0.379. The van der Waals surface area contributed by atoms with Crippen LogP contribution < -0.4 is 10.1 Å². The number of benzene rings is 2. The van der Waals surface area contributed by atoms with E-state index in [1.165, 1.54) is 11.3 Å². The summed E-state index contributed by atoms with van der Waals surface area (Å²) < 4.78 is 11.4. The molecule has 1 N–H and O–H groups in total. The van der Waals surface area contributed by atoms with Gasteiger partial charge in [-0.05, 0) is 53.5 Å². The first kappa shape index (κ1) is 22.3. The van der Waals surface area contributed by atoms with Crippen LogP contribution in [0.15, 0.2) is 52.3 Å². The third kappa shape index (κ3) is 5.41. The minimum Gasteiger partial charge on any atom is -0.483 e. The molecule has 30 heavy (non-hydrogen) atoms. The van der Waals surface area contributed by atoms with Gasteiger partial charge in [0.1, 0.15) is 16.3 Å². The van der Waals surface area contributed by atoms with E-state index in [-0.39, 0.29) is 19.1 Å². The zero-order valence-electron chi connectivity index (χ0n) is 16.3. The summed E-state index contributed by atoms with van der Waals surface area (Å²) in [5.41, 5.74) is 3.05. The lowest BCUT2D eigenvalue weighted by atomic mass is 10.0. The molecule has 8 heteroatoms. The summed E-state index contributed by atoms with van der Waals surface area (Å²) >= 11 is 10.5. The molecule has 0 radical (unpaired) electrons. The molecule has 0 unspecified atom stereocenters. The van der Waals surface area contributed by atoms with E-state index in [1.54, 1.807) is 25.1 Å². The first-order valence-corrected chi connectivity index (χ1v) is 11.2. The molecule has 0 bridgehead atoms. The van der Waals surface area contributed by atoms with E-state index in [2.05, 4.69) is 21.2 Å². The van der Waals surface area contributed by atoms with Gasteiger partial charge in [0.2, 0.25) is 0 Å². The molecular weight excluding hydrogens is 490 g/mol. The third-order valence-corrected chi connectivity index (χ3v) is 5.89. The second-order valence-electron chi connectivity index (χ2n) is 6.35. The van der Waals surface area contributed by atoms with Crippen molar-refractivity contribution in [2.45, 2.75) is 13.8 Å². The summed E-state index contributed by atoms with van der Waals surface area (Å²) in [4.78, 5) is 25.1. The topological polar surface area (TPSA) is 64.6 Å². The van der Waals surface area contributed by atoms with Crippen LogP contribution in [0.3, 0.4) is 0 Å². The van der Waals surface area contributed by atoms with Gasteiger partial charge in [0.05, 0.1) is 11.1 Å². The first-order chi connectivity index (χ1) is 14.4. The van der Waals surface area contributed by atoms with Gasteiger partial charge in [-0.15, -0.1) is 11.3 Å². The van der Waals surface area contributed by atoms with E-state index in [4.69, 9.17) is 21.1 Å². The Bertz CT molecular complexity index is 1070. The molecule has 0 fully saturated rings. The summed E-state index contributed by atoms with van der Waals surface area (Å²) in [6.45, 7) is 3.75. The maximum Gasteiger partial charge on any atom is 0.341 e. The van der Waals surface area contributed by atoms with Crippen molar-refractivity contribution >= 4 is 55.7 Å². The van der Waals surface area contributed by atoms with Gasteiger partial charge in [-0.3, -0.25) is 4.79 Å². The molecule has 156 valence electrons. The van der Waals surface area contributed by atoms with Gasteiger partial charge in [-0.1, -0.05) is 41.4 Å². The number of rotatable bonds is 7. The van der Waals surface area contributed by atoms with E-state index in [0.717, 1.165) is 16.7 Å². The maximum absolute atomic E-state index is 12.6. The van der Waals surface area contributed by atoms with Crippen molar-refractivity contribution in [1.29, 1.82) is 0 Å². The Morgan fingerprint density at radius 1 is 1.17 bits per heavy atom. The minimum absolute atomic E-state index is 0.222. The third-order valence-electron chi connectivity index (χ3n) is 4.14. The van der Waals surface area contributed by atoms with Crippen LogP contribution in [0.1, 0.15) is 22.8 Å².